The number of piperazine rings is 1. The number of hydrogen-bond acceptors (Lipinski definition) is 4. The summed E-state index contributed by atoms with van der Waals surface area (Å²) < 4.78 is 2.41. The fourth-order valence-corrected chi connectivity index (χ4v) is 5.89. The maximum Gasteiger partial charge on any atom is 0.272 e. The highest BCUT2D eigenvalue weighted by molar-refractivity contribution is 6.01. The minimum Gasteiger partial charge on any atom is -0.350 e. The number of halogens is 1. The zero-order valence-electron chi connectivity index (χ0n) is 23.4. The van der Waals surface area contributed by atoms with Crippen molar-refractivity contribution in [1.82, 2.24) is 19.4 Å². The highest BCUT2D eigenvalue weighted by Crippen LogP contribution is 2.35. The molecule has 4 heterocycles. The molecular formula is C32H38ClN5O. The number of pyridine rings is 1. The topological polar surface area (TPSA) is 44.6 Å². The summed E-state index contributed by atoms with van der Waals surface area (Å²) in [4.78, 5) is 25.5. The van der Waals surface area contributed by atoms with Gasteiger partial charge in [-0.25, -0.2) is 4.98 Å². The summed E-state index contributed by atoms with van der Waals surface area (Å²) in [7, 11) is 2.11. The average molecular weight is 544 g/mol. The van der Waals surface area contributed by atoms with Crippen molar-refractivity contribution in [3.8, 4) is 0 Å². The van der Waals surface area contributed by atoms with Gasteiger partial charge in [-0.05, 0) is 62.6 Å². The number of anilines is 1. The van der Waals surface area contributed by atoms with Crippen LogP contribution in [0.4, 0.5) is 5.82 Å². The largest absolute Gasteiger partial charge is 0.350 e. The van der Waals surface area contributed by atoms with Crippen molar-refractivity contribution in [3.05, 3.63) is 93.8 Å². The van der Waals surface area contributed by atoms with Gasteiger partial charge >= 0.3 is 0 Å². The number of likely N-dealkylation sites (N-methyl/N-ethyl adjacent to an activating group) is 1. The van der Waals surface area contributed by atoms with Crippen LogP contribution in [0.2, 0.25) is 0 Å². The van der Waals surface area contributed by atoms with Crippen LogP contribution in [0.1, 0.15) is 44.0 Å². The number of fused-ring (bicyclic) bond motifs is 2. The first-order valence-corrected chi connectivity index (χ1v) is 13.7. The highest BCUT2D eigenvalue weighted by Gasteiger charge is 2.28. The number of carbonyl (C=O) groups is 1. The summed E-state index contributed by atoms with van der Waals surface area (Å²) in [5, 5.41) is 1.14. The lowest BCUT2D eigenvalue weighted by molar-refractivity contribution is 0.0658. The molecular weight excluding hydrogens is 506 g/mol. The maximum atomic E-state index is 13.7. The Kier molecular flexibility index (Phi) is 7.70. The number of amides is 1. The zero-order valence-corrected chi connectivity index (χ0v) is 24.2. The number of rotatable bonds is 4. The van der Waals surface area contributed by atoms with Crippen LogP contribution in [-0.4, -0.2) is 65.0 Å². The van der Waals surface area contributed by atoms with Crippen molar-refractivity contribution >= 4 is 35.0 Å². The van der Waals surface area contributed by atoms with Crippen molar-refractivity contribution in [2.24, 2.45) is 0 Å². The fourth-order valence-electron chi connectivity index (χ4n) is 5.89. The quantitative estimate of drug-likeness (QED) is 0.346. The molecule has 1 amide bonds. The predicted octanol–water partition coefficient (Wildman–Crippen LogP) is 5.38. The molecule has 0 N–H and O–H groups in total. The minimum absolute atomic E-state index is 0. The summed E-state index contributed by atoms with van der Waals surface area (Å²) in [6.07, 6.45) is 0.979. The first-order chi connectivity index (χ1) is 18.4. The van der Waals surface area contributed by atoms with Crippen LogP contribution in [0.25, 0.3) is 10.9 Å². The first-order valence-electron chi connectivity index (χ1n) is 13.7. The molecule has 2 aliphatic rings. The number of aryl methyl sites for hydroxylation is 2. The van der Waals surface area contributed by atoms with E-state index in [4.69, 9.17) is 4.98 Å². The lowest BCUT2D eigenvalue weighted by Gasteiger charge is -2.33. The van der Waals surface area contributed by atoms with Crippen LogP contribution in [0.5, 0.6) is 0 Å². The molecule has 6 rings (SSSR count). The van der Waals surface area contributed by atoms with E-state index in [1.165, 1.54) is 33.5 Å². The predicted molar refractivity (Wildman–Crippen MR) is 161 cm³/mol. The van der Waals surface area contributed by atoms with Gasteiger partial charge in [0.15, 0.2) is 5.82 Å². The molecule has 0 bridgehead atoms. The molecule has 7 heteroatoms. The van der Waals surface area contributed by atoms with Crippen molar-refractivity contribution in [3.63, 3.8) is 0 Å². The van der Waals surface area contributed by atoms with Gasteiger partial charge in [-0.2, -0.15) is 0 Å². The molecule has 6 nitrogen and oxygen atoms in total. The van der Waals surface area contributed by atoms with Gasteiger partial charge in [0.25, 0.3) is 5.91 Å². The Bertz CT molecular complexity index is 1500. The second-order valence-electron chi connectivity index (χ2n) is 11.0. The lowest BCUT2D eigenvalue weighted by Crippen LogP contribution is -2.47. The van der Waals surface area contributed by atoms with Crippen LogP contribution < -0.4 is 4.90 Å². The number of nitrogens with zero attached hydrogens (tertiary/aromatic N) is 5. The van der Waals surface area contributed by atoms with Crippen molar-refractivity contribution < 1.29 is 4.79 Å². The monoisotopic (exact) mass is 543 g/mol. The number of hydrogen-bond donors (Lipinski definition) is 0. The smallest absolute Gasteiger partial charge is 0.272 e. The van der Waals surface area contributed by atoms with E-state index in [0.717, 1.165) is 69.0 Å². The number of carbonyl (C=O) groups excluding carboxylic acids is 1. The van der Waals surface area contributed by atoms with Gasteiger partial charge in [0.05, 0.1) is 5.52 Å². The van der Waals surface area contributed by atoms with E-state index in [1.54, 1.807) is 0 Å². The fraction of sp³-hybridized carbons (Fsp3) is 0.375. The van der Waals surface area contributed by atoms with Crippen molar-refractivity contribution in [1.29, 1.82) is 0 Å². The first kappa shape index (κ1) is 27.2. The van der Waals surface area contributed by atoms with Crippen LogP contribution in [0, 0.1) is 20.8 Å². The van der Waals surface area contributed by atoms with E-state index in [2.05, 4.69) is 90.7 Å². The Morgan fingerprint density at radius 3 is 2.31 bits per heavy atom. The third-order valence-electron chi connectivity index (χ3n) is 8.50. The van der Waals surface area contributed by atoms with E-state index < -0.39 is 0 Å². The van der Waals surface area contributed by atoms with E-state index in [9.17, 15) is 4.79 Å². The molecule has 1 fully saturated rings. The van der Waals surface area contributed by atoms with E-state index >= 15 is 0 Å². The molecule has 2 aromatic carbocycles. The Labute approximate surface area is 237 Å². The molecule has 2 aromatic heterocycles. The molecule has 0 radical (unpaired) electrons. The molecule has 0 atom stereocenters. The van der Waals surface area contributed by atoms with Gasteiger partial charge in [0, 0.05) is 56.9 Å². The third-order valence-corrected chi connectivity index (χ3v) is 8.50. The molecule has 1 saturated heterocycles. The van der Waals surface area contributed by atoms with Crippen molar-refractivity contribution in [2.45, 2.75) is 40.3 Å². The Morgan fingerprint density at radius 2 is 1.59 bits per heavy atom. The normalized spacial score (nSPS) is 15.8. The summed E-state index contributed by atoms with van der Waals surface area (Å²) in [6.45, 7) is 12.3. The summed E-state index contributed by atoms with van der Waals surface area (Å²) in [6, 6.07) is 19.5. The van der Waals surface area contributed by atoms with Gasteiger partial charge in [-0.3, -0.25) is 4.79 Å². The van der Waals surface area contributed by atoms with Gasteiger partial charge in [0.1, 0.15) is 5.69 Å². The lowest BCUT2D eigenvalue weighted by atomic mass is 10.00. The Balaban J connectivity index is 0.00000308. The summed E-state index contributed by atoms with van der Waals surface area (Å²) in [5.74, 6) is 0.972. The third kappa shape index (κ3) is 5.15. The summed E-state index contributed by atoms with van der Waals surface area (Å²) in [5.41, 5.74) is 9.43. The standard InChI is InChI=1S/C32H37N5O.ClH/c1-22-9-11-25(12-10-22)20-37-24(3)23(2)28-19-29(32(38)35-17-15-34(4)16-18-35)33-31(30(28)37)36-14-13-26-7-5-6-8-27(26)21-36;/h5-12,19H,13-18,20-21H2,1-4H3;1H. The zero-order chi connectivity index (χ0) is 26.4. The Hall–Kier alpha value is -3.35. The maximum absolute atomic E-state index is 13.7. The van der Waals surface area contributed by atoms with Crippen LogP contribution in [0.3, 0.4) is 0 Å². The second-order valence-corrected chi connectivity index (χ2v) is 11.0. The minimum atomic E-state index is 0. The second kappa shape index (κ2) is 11.0. The molecule has 0 spiro atoms. The average Bonchev–Trinajstić information content (AvgIpc) is 3.18. The van der Waals surface area contributed by atoms with Gasteiger partial charge in [-0.1, -0.05) is 54.1 Å². The SMILES string of the molecule is Cc1ccc(Cn2c(C)c(C)c3cc(C(=O)N4CCN(C)CC4)nc(N4CCc5ccccc5C4)c32)cc1.Cl. The van der Waals surface area contributed by atoms with Crippen molar-refractivity contribution in [2.75, 3.05) is 44.7 Å². The Morgan fingerprint density at radius 1 is 0.897 bits per heavy atom. The van der Waals surface area contributed by atoms with Gasteiger partial charge in [-0.15, -0.1) is 12.4 Å². The van der Waals surface area contributed by atoms with E-state index in [0.29, 0.717) is 5.69 Å². The number of aromatic nitrogens is 2. The molecule has 4 aromatic rings. The van der Waals surface area contributed by atoms with E-state index in [1.807, 2.05) is 11.0 Å². The molecule has 39 heavy (non-hydrogen) atoms. The van der Waals surface area contributed by atoms with Crippen LogP contribution >= 0.6 is 12.4 Å². The number of benzene rings is 2. The van der Waals surface area contributed by atoms with E-state index in [-0.39, 0.29) is 18.3 Å². The molecule has 2 aliphatic heterocycles. The molecule has 0 aliphatic carbocycles. The molecule has 204 valence electrons. The van der Waals surface area contributed by atoms with Crippen LogP contribution in [0.15, 0.2) is 54.6 Å². The van der Waals surface area contributed by atoms with Gasteiger partial charge in [0.2, 0.25) is 0 Å². The van der Waals surface area contributed by atoms with Gasteiger partial charge < -0.3 is 19.3 Å². The summed E-state index contributed by atoms with van der Waals surface area (Å²) >= 11 is 0. The molecule has 0 unspecified atom stereocenters. The highest BCUT2D eigenvalue weighted by atomic mass is 35.5. The van der Waals surface area contributed by atoms with Crippen LogP contribution in [-0.2, 0) is 19.5 Å². The molecule has 0 saturated carbocycles.